The predicted molar refractivity (Wildman–Crippen MR) is 35.7 cm³/mol. The molecule has 0 amide bonds. The Morgan fingerprint density at radius 3 is 2.60 bits per heavy atom. The van der Waals surface area contributed by atoms with Gasteiger partial charge in [0.1, 0.15) is 6.04 Å². The highest BCUT2D eigenvalue weighted by molar-refractivity contribution is 5.74. The topological polar surface area (TPSA) is 49.3 Å². The molecule has 3 nitrogen and oxygen atoms in total. The first-order chi connectivity index (χ1) is 4.77. The SMILES string of the molecule is O=C(O)[C@H]1N[C@@H]2CCC1C2. The van der Waals surface area contributed by atoms with E-state index in [9.17, 15) is 4.79 Å². The van der Waals surface area contributed by atoms with E-state index >= 15 is 0 Å². The maximum absolute atomic E-state index is 10.5. The fourth-order valence-electron chi connectivity index (χ4n) is 2.13. The second-order valence-corrected chi connectivity index (χ2v) is 3.25. The molecule has 0 aromatic rings. The van der Waals surface area contributed by atoms with Gasteiger partial charge in [0.15, 0.2) is 0 Å². The van der Waals surface area contributed by atoms with Gasteiger partial charge in [0.25, 0.3) is 0 Å². The Hall–Kier alpha value is -0.570. The Bertz CT molecular complexity index is 169. The number of hydrogen-bond donors (Lipinski definition) is 2. The first-order valence-electron chi connectivity index (χ1n) is 3.76. The second kappa shape index (κ2) is 1.95. The average Bonchev–Trinajstić information content (AvgIpc) is 2.44. The Morgan fingerprint density at radius 2 is 2.30 bits per heavy atom. The van der Waals surface area contributed by atoms with Gasteiger partial charge in [-0.25, -0.2) is 0 Å². The van der Waals surface area contributed by atoms with Crippen LogP contribution in [0.25, 0.3) is 0 Å². The standard InChI is InChI=1S/C7H11NO2/c9-7(10)6-4-1-2-5(3-4)8-6/h4-6,8H,1-3H2,(H,9,10)/t4?,5-,6+/m1/s1. The van der Waals surface area contributed by atoms with Crippen LogP contribution in [0, 0.1) is 5.92 Å². The van der Waals surface area contributed by atoms with Crippen molar-refractivity contribution >= 4 is 5.97 Å². The van der Waals surface area contributed by atoms with Crippen LogP contribution in [-0.2, 0) is 4.79 Å². The molecule has 2 N–H and O–H groups in total. The lowest BCUT2D eigenvalue weighted by atomic mass is 10.0. The molecule has 1 saturated heterocycles. The van der Waals surface area contributed by atoms with Gasteiger partial charge in [-0.3, -0.25) is 4.79 Å². The lowest BCUT2D eigenvalue weighted by Gasteiger charge is -2.18. The zero-order valence-corrected chi connectivity index (χ0v) is 5.71. The number of piperidine rings is 1. The van der Waals surface area contributed by atoms with Crippen molar-refractivity contribution in [2.24, 2.45) is 5.92 Å². The Balaban J connectivity index is 2.08. The average molecular weight is 141 g/mol. The number of carboxylic acid groups (broad SMARTS) is 1. The summed E-state index contributed by atoms with van der Waals surface area (Å²) in [4.78, 5) is 10.5. The molecule has 10 heavy (non-hydrogen) atoms. The smallest absolute Gasteiger partial charge is 0.320 e. The fraction of sp³-hybridized carbons (Fsp3) is 0.857. The van der Waals surface area contributed by atoms with Crippen LogP contribution in [0.2, 0.25) is 0 Å². The van der Waals surface area contributed by atoms with Crippen molar-refractivity contribution < 1.29 is 9.90 Å². The largest absolute Gasteiger partial charge is 0.480 e. The number of carboxylic acids is 1. The van der Waals surface area contributed by atoms with Crippen molar-refractivity contribution in [2.45, 2.75) is 31.3 Å². The first kappa shape index (κ1) is 6.16. The number of rotatable bonds is 1. The molecule has 2 rings (SSSR count). The minimum Gasteiger partial charge on any atom is -0.480 e. The number of nitrogens with one attached hydrogen (secondary N) is 1. The molecule has 1 aliphatic carbocycles. The highest BCUT2D eigenvalue weighted by atomic mass is 16.4. The van der Waals surface area contributed by atoms with Crippen LogP contribution in [0.4, 0.5) is 0 Å². The molecule has 2 fully saturated rings. The van der Waals surface area contributed by atoms with Crippen LogP contribution in [0.5, 0.6) is 0 Å². The molecule has 1 aliphatic heterocycles. The summed E-state index contributed by atoms with van der Waals surface area (Å²) in [6.07, 6.45) is 3.36. The summed E-state index contributed by atoms with van der Waals surface area (Å²) in [5.74, 6) is -0.255. The van der Waals surface area contributed by atoms with Crippen molar-refractivity contribution in [1.82, 2.24) is 5.32 Å². The number of carbonyl (C=O) groups is 1. The summed E-state index contributed by atoms with van der Waals surface area (Å²) in [6, 6.07) is 0.268. The molecule has 1 heterocycles. The van der Waals surface area contributed by atoms with Crippen LogP contribution in [0.1, 0.15) is 19.3 Å². The van der Waals surface area contributed by atoms with E-state index in [1.165, 1.54) is 6.42 Å². The highest BCUT2D eigenvalue weighted by Gasteiger charge is 2.42. The maximum Gasteiger partial charge on any atom is 0.320 e. The van der Waals surface area contributed by atoms with Gasteiger partial charge in [0.2, 0.25) is 0 Å². The van der Waals surface area contributed by atoms with E-state index in [1.807, 2.05) is 0 Å². The van der Waals surface area contributed by atoms with E-state index in [1.54, 1.807) is 0 Å². The zero-order chi connectivity index (χ0) is 7.14. The van der Waals surface area contributed by atoms with E-state index in [0.717, 1.165) is 12.8 Å². The fourth-order valence-corrected chi connectivity index (χ4v) is 2.13. The predicted octanol–water partition coefficient (Wildman–Crippen LogP) is 0.211. The molecule has 0 radical (unpaired) electrons. The molecule has 0 spiro atoms. The summed E-state index contributed by atoms with van der Waals surface area (Å²) in [5, 5.41) is 11.8. The normalized spacial score (nSPS) is 44.2. The first-order valence-corrected chi connectivity index (χ1v) is 3.76. The summed E-state index contributed by atoms with van der Waals surface area (Å²) in [6.45, 7) is 0. The van der Waals surface area contributed by atoms with Gasteiger partial charge < -0.3 is 10.4 Å². The highest BCUT2D eigenvalue weighted by Crippen LogP contribution is 2.34. The van der Waals surface area contributed by atoms with Crippen molar-refractivity contribution in [1.29, 1.82) is 0 Å². The molecule has 2 bridgehead atoms. The van der Waals surface area contributed by atoms with Gasteiger partial charge in [0, 0.05) is 6.04 Å². The minimum atomic E-state index is -0.674. The van der Waals surface area contributed by atoms with Crippen LogP contribution in [-0.4, -0.2) is 23.2 Å². The monoisotopic (exact) mass is 141 g/mol. The van der Waals surface area contributed by atoms with Gasteiger partial charge in [-0.15, -0.1) is 0 Å². The Morgan fingerprint density at radius 1 is 1.50 bits per heavy atom. The van der Waals surface area contributed by atoms with E-state index < -0.39 is 5.97 Å². The summed E-state index contributed by atoms with van der Waals surface area (Å²) < 4.78 is 0. The van der Waals surface area contributed by atoms with Crippen molar-refractivity contribution in [3.63, 3.8) is 0 Å². The Labute approximate surface area is 59.4 Å². The molecule has 0 aromatic heterocycles. The number of aliphatic carboxylic acids is 1. The number of fused-ring (bicyclic) bond motifs is 2. The third-order valence-electron chi connectivity index (χ3n) is 2.63. The molecule has 56 valence electrons. The second-order valence-electron chi connectivity index (χ2n) is 3.25. The molecule has 1 unspecified atom stereocenters. The van der Waals surface area contributed by atoms with Gasteiger partial charge >= 0.3 is 5.97 Å². The summed E-state index contributed by atoms with van der Waals surface area (Å²) >= 11 is 0. The third kappa shape index (κ3) is 0.736. The maximum atomic E-state index is 10.5. The van der Waals surface area contributed by atoms with Crippen LogP contribution in [0.15, 0.2) is 0 Å². The molecule has 2 aliphatic rings. The molecule has 0 aromatic carbocycles. The summed E-state index contributed by atoms with van der Waals surface area (Å²) in [5.41, 5.74) is 0. The Kier molecular flexibility index (Phi) is 1.20. The lowest BCUT2D eigenvalue weighted by molar-refractivity contribution is -0.140. The molecule has 1 saturated carbocycles. The van der Waals surface area contributed by atoms with E-state index in [-0.39, 0.29) is 6.04 Å². The van der Waals surface area contributed by atoms with Crippen LogP contribution in [0.3, 0.4) is 0 Å². The molecule has 3 atom stereocenters. The zero-order valence-electron chi connectivity index (χ0n) is 5.71. The van der Waals surface area contributed by atoms with E-state index in [2.05, 4.69) is 5.32 Å². The summed E-state index contributed by atoms with van der Waals surface area (Å²) in [7, 11) is 0. The van der Waals surface area contributed by atoms with Crippen LogP contribution >= 0.6 is 0 Å². The quantitative estimate of drug-likeness (QED) is 0.549. The van der Waals surface area contributed by atoms with Crippen molar-refractivity contribution in [3.8, 4) is 0 Å². The lowest BCUT2D eigenvalue weighted by Crippen LogP contribution is -2.41. The van der Waals surface area contributed by atoms with E-state index in [0.29, 0.717) is 12.0 Å². The van der Waals surface area contributed by atoms with Gasteiger partial charge in [-0.1, -0.05) is 0 Å². The third-order valence-corrected chi connectivity index (χ3v) is 2.63. The molecular weight excluding hydrogens is 130 g/mol. The molecule has 3 heteroatoms. The van der Waals surface area contributed by atoms with E-state index in [4.69, 9.17) is 5.11 Å². The van der Waals surface area contributed by atoms with Gasteiger partial charge in [0.05, 0.1) is 0 Å². The van der Waals surface area contributed by atoms with Gasteiger partial charge in [-0.2, -0.15) is 0 Å². The van der Waals surface area contributed by atoms with Crippen molar-refractivity contribution in [3.05, 3.63) is 0 Å². The molecular formula is C7H11NO2. The van der Waals surface area contributed by atoms with Crippen LogP contribution < -0.4 is 5.32 Å². The van der Waals surface area contributed by atoms with Crippen molar-refractivity contribution in [2.75, 3.05) is 0 Å². The number of hydrogen-bond acceptors (Lipinski definition) is 2. The van der Waals surface area contributed by atoms with Gasteiger partial charge in [-0.05, 0) is 25.2 Å². The minimum absolute atomic E-state index is 0.237.